The summed E-state index contributed by atoms with van der Waals surface area (Å²) in [5, 5.41) is 0.847. The molecule has 1 N–H and O–H groups in total. The van der Waals surface area contributed by atoms with Gasteiger partial charge in [-0.1, -0.05) is 42.1 Å². The standard InChI is InChI=1S/C23H21N3O3S/c1-23(28-12-13-29-23)15-27-16-10-11-24-20(14-16)17-6-2-5-9-21(17)30-22-25-18-7-3-4-8-19(18)26-22/h2-11,14H,12-13,15H2,1H3,(H,25,26). The molecule has 2 aromatic carbocycles. The molecule has 0 atom stereocenters. The van der Waals surface area contributed by atoms with Crippen molar-refractivity contribution in [2.24, 2.45) is 0 Å². The van der Waals surface area contributed by atoms with Gasteiger partial charge in [-0.3, -0.25) is 4.98 Å². The zero-order chi connectivity index (χ0) is 20.4. The van der Waals surface area contributed by atoms with Gasteiger partial charge >= 0.3 is 0 Å². The third-order valence-electron chi connectivity index (χ3n) is 4.87. The minimum absolute atomic E-state index is 0.325. The number of hydrogen-bond donors (Lipinski definition) is 1. The summed E-state index contributed by atoms with van der Waals surface area (Å²) in [5.41, 5.74) is 3.84. The topological polar surface area (TPSA) is 69.3 Å². The van der Waals surface area contributed by atoms with Crippen LogP contribution in [0.25, 0.3) is 22.3 Å². The van der Waals surface area contributed by atoms with Crippen molar-refractivity contribution < 1.29 is 14.2 Å². The predicted molar refractivity (Wildman–Crippen MR) is 116 cm³/mol. The van der Waals surface area contributed by atoms with Gasteiger partial charge in [-0.05, 0) is 31.2 Å². The lowest BCUT2D eigenvalue weighted by atomic mass is 10.1. The van der Waals surface area contributed by atoms with E-state index in [1.54, 1.807) is 18.0 Å². The highest BCUT2D eigenvalue weighted by molar-refractivity contribution is 7.99. The number of rotatable bonds is 6. The van der Waals surface area contributed by atoms with Gasteiger partial charge in [0.25, 0.3) is 0 Å². The number of pyridine rings is 1. The van der Waals surface area contributed by atoms with Gasteiger partial charge in [0.1, 0.15) is 12.4 Å². The van der Waals surface area contributed by atoms with Crippen molar-refractivity contribution in [3.8, 4) is 17.0 Å². The molecule has 0 bridgehead atoms. The van der Waals surface area contributed by atoms with Crippen molar-refractivity contribution in [1.82, 2.24) is 15.0 Å². The minimum atomic E-state index is -0.696. The molecule has 0 spiro atoms. The summed E-state index contributed by atoms with van der Waals surface area (Å²) in [5.74, 6) is 0.0299. The van der Waals surface area contributed by atoms with Crippen LogP contribution >= 0.6 is 11.8 Å². The number of aromatic nitrogens is 3. The first-order valence-electron chi connectivity index (χ1n) is 9.77. The molecular weight excluding hydrogens is 398 g/mol. The number of nitrogens with zero attached hydrogens (tertiary/aromatic N) is 2. The largest absolute Gasteiger partial charge is 0.488 e. The Morgan fingerprint density at radius 2 is 1.87 bits per heavy atom. The van der Waals surface area contributed by atoms with Gasteiger partial charge in [0.15, 0.2) is 10.9 Å². The zero-order valence-corrected chi connectivity index (χ0v) is 17.3. The van der Waals surface area contributed by atoms with Crippen molar-refractivity contribution in [2.45, 2.75) is 22.8 Å². The van der Waals surface area contributed by atoms with Crippen LogP contribution in [-0.4, -0.2) is 40.6 Å². The highest BCUT2D eigenvalue weighted by Gasteiger charge is 2.31. The second-order valence-corrected chi connectivity index (χ2v) is 8.18. The first kappa shape index (κ1) is 19.1. The lowest BCUT2D eigenvalue weighted by Gasteiger charge is -2.22. The number of ether oxygens (including phenoxy) is 3. The third-order valence-corrected chi connectivity index (χ3v) is 5.83. The van der Waals surface area contributed by atoms with Crippen LogP contribution in [0.2, 0.25) is 0 Å². The minimum Gasteiger partial charge on any atom is -0.488 e. The summed E-state index contributed by atoms with van der Waals surface area (Å²) < 4.78 is 17.2. The molecule has 0 saturated carbocycles. The van der Waals surface area contributed by atoms with Crippen LogP contribution in [0.1, 0.15) is 6.92 Å². The van der Waals surface area contributed by atoms with Gasteiger partial charge in [0.05, 0.1) is 29.9 Å². The van der Waals surface area contributed by atoms with Crippen molar-refractivity contribution in [1.29, 1.82) is 0 Å². The molecule has 3 heterocycles. The monoisotopic (exact) mass is 419 g/mol. The smallest absolute Gasteiger partial charge is 0.200 e. The van der Waals surface area contributed by atoms with Gasteiger partial charge < -0.3 is 19.2 Å². The Hall–Kier alpha value is -2.87. The summed E-state index contributed by atoms with van der Waals surface area (Å²) >= 11 is 1.59. The zero-order valence-electron chi connectivity index (χ0n) is 16.5. The fourth-order valence-corrected chi connectivity index (χ4v) is 4.29. The quantitative estimate of drug-likeness (QED) is 0.479. The number of benzene rings is 2. The molecule has 6 nitrogen and oxygen atoms in total. The summed E-state index contributed by atoms with van der Waals surface area (Å²) in [7, 11) is 0. The molecule has 0 aliphatic carbocycles. The Morgan fingerprint density at radius 1 is 1.07 bits per heavy atom. The van der Waals surface area contributed by atoms with E-state index < -0.39 is 5.79 Å². The van der Waals surface area contributed by atoms with Crippen molar-refractivity contribution >= 4 is 22.8 Å². The molecule has 1 fully saturated rings. The summed E-state index contributed by atoms with van der Waals surface area (Å²) in [4.78, 5) is 13.7. The van der Waals surface area contributed by atoms with Gasteiger partial charge in [-0.15, -0.1) is 0 Å². The molecule has 7 heteroatoms. The van der Waals surface area contributed by atoms with Crippen molar-refractivity contribution in [2.75, 3.05) is 19.8 Å². The second kappa shape index (κ2) is 8.10. The number of nitrogens with one attached hydrogen (secondary N) is 1. The molecule has 5 rings (SSSR count). The van der Waals surface area contributed by atoms with E-state index >= 15 is 0 Å². The average molecular weight is 420 g/mol. The lowest BCUT2D eigenvalue weighted by molar-refractivity contribution is -0.162. The number of hydrogen-bond acceptors (Lipinski definition) is 6. The van der Waals surface area contributed by atoms with Crippen LogP contribution in [-0.2, 0) is 9.47 Å². The summed E-state index contributed by atoms with van der Waals surface area (Å²) in [6, 6.07) is 20.0. The van der Waals surface area contributed by atoms with Gasteiger partial charge in [0, 0.05) is 22.7 Å². The van der Waals surface area contributed by atoms with Crippen LogP contribution in [0, 0.1) is 0 Å². The molecule has 1 saturated heterocycles. The number of aromatic amines is 1. The SMILES string of the molecule is CC1(COc2ccnc(-c3ccccc3Sc3nc4ccccc4[nH]3)c2)OCCO1. The summed E-state index contributed by atoms with van der Waals surface area (Å²) in [6.07, 6.45) is 1.76. The summed E-state index contributed by atoms with van der Waals surface area (Å²) in [6.45, 7) is 3.40. The van der Waals surface area contributed by atoms with E-state index in [2.05, 4.69) is 27.1 Å². The maximum Gasteiger partial charge on any atom is 0.200 e. The molecule has 1 aliphatic heterocycles. The molecule has 30 heavy (non-hydrogen) atoms. The number of fused-ring (bicyclic) bond motifs is 1. The van der Waals surface area contributed by atoms with Crippen LogP contribution in [0.5, 0.6) is 5.75 Å². The number of para-hydroxylation sites is 2. The van der Waals surface area contributed by atoms with E-state index in [1.807, 2.05) is 55.5 Å². The first-order chi connectivity index (χ1) is 14.7. The Labute approximate surface area is 178 Å². The van der Waals surface area contributed by atoms with E-state index in [4.69, 9.17) is 14.2 Å². The Bertz CT molecular complexity index is 1140. The first-order valence-corrected chi connectivity index (χ1v) is 10.6. The Kier molecular flexibility index (Phi) is 5.16. The van der Waals surface area contributed by atoms with Gasteiger partial charge in [-0.2, -0.15) is 0 Å². The van der Waals surface area contributed by atoms with Crippen molar-refractivity contribution in [3.05, 3.63) is 66.9 Å². The van der Waals surface area contributed by atoms with Crippen molar-refractivity contribution in [3.63, 3.8) is 0 Å². The van der Waals surface area contributed by atoms with E-state index in [9.17, 15) is 0 Å². The Morgan fingerprint density at radius 3 is 2.73 bits per heavy atom. The molecule has 152 valence electrons. The number of imidazole rings is 1. The van der Waals surface area contributed by atoms with E-state index in [1.165, 1.54) is 0 Å². The van der Waals surface area contributed by atoms with E-state index in [0.29, 0.717) is 19.8 Å². The van der Waals surface area contributed by atoms with Gasteiger partial charge in [0.2, 0.25) is 0 Å². The highest BCUT2D eigenvalue weighted by atomic mass is 32.2. The molecule has 0 unspecified atom stereocenters. The van der Waals surface area contributed by atoms with E-state index in [0.717, 1.165) is 38.1 Å². The fourth-order valence-electron chi connectivity index (χ4n) is 3.35. The van der Waals surface area contributed by atoms with Crippen LogP contribution in [0.15, 0.2) is 76.9 Å². The normalized spacial score (nSPS) is 15.5. The molecule has 0 radical (unpaired) electrons. The van der Waals surface area contributed by atoms with Crippen LogP contribution in [0.3, 0.4) is 0 Å². The number of H-pyrrole nitrogens is 1. The molecular formula is C23H21N3O3S. The maximum atomic E-state index is 5.94. The fraction of sp³-hybridized carbons (Fsp3) is 0.217. The second-order valence-electron chi connectivity index (χ2n) is 7.15. The molecule has 0 amide bonds. The average Bonchev–Trinajstić information content (AvgIpc) is 3.39. The molecule has 4 aromatic rings. The lowest BCUT2D eigenvalue weighted by Crippen LogP contribution is -2.33. The van der Waals surface area contributed by atoms with Crippen LogP contribution in [0.4, 0.5) is 0 Å². The highest BCUT2D eigenvalue weighted by Crippen LogP contribution is 2.35. The molecule has 2 aromatic heterocycles. The van der Waals surface area contributed by atoms with E-state index in [-0.39, 0.29) is 0 Å². The maximum absolute atomic E-state index is 5.94. The third kappa shape index (κ3) is 4.05. The molecule has 1 aliphatic rings. The predicted octanol–water partition coefficient (Wildman–Crippen LogP) is 4.92. The van der Waals surface area contributed by atoms with Crippen LogP contribution < -0.4 is 4.74 Å². The van der Waals surface area contributed by atoms with Gasteiger partial charge in [-0.25, -0.2) is 4.98 Å². The Balaban J connectivity index is 1.39.